The summed E-state index contributed by atoms with van der Waals surface area (Å²) in [4.78, 5) is 29.1. The van der Waals surface area contributed by atoms with Crippen LogP contribution < -0.4 is 0 Å². The number of aromatic nitrogens is 1. The van der Waals surface area contributed by atoms with E-state index in [1.165, 1.54) is 24.2 Å². The van der Waals surface area contributed by atoms with Crippen molar-refractivity contribution in [2.24, 2.45) is 0 Å². The number of hydrogen-bond donors (Lipinski definition) is 0. The molecule has 0 fully saturated rings. The van der Waals surface area contributed by atoms with Crippen LogP contribution >= 0.6 is 0 Å². The zero-order valence-electron chi connectivity index (χ0n) is 14.0. The second-order valence-corrected chi connectivity index (χ2v) is 5.14. The molecule has 0 bridgehead atoms. The molecule has 0 aliphatic rings. The first-order chi connectivity index (χ1) is 12.0. The number of allylic oxidation sites excluding steroid dienone is 1. The summed E-state index contributed by atoms with van der Waals surface area (Å²) in [7, 11) is 1.46. The van der Waals surface area contributed by atoms with Gasteiger partial charge in [-0.1, -0.05) is 6.08 Å². The predicted molar refractivity (Wildman–Crippen MR) is 86.4 cm³/mol. The van der Waals surface area contributed by atoms with E-state index in [2.05, 4.69) is 11.6 Å². The Labute approximate surface area is 145 Å². The molecule has 0 spiro atoms. The van der Waals surface area contributed by atoms with Gasteiger partial charge in [-0.25, -0.2) is 9.18 Å². The summed E-state index contributed by atoms with van der Waals surface area (Å²) in [5.41, 5.74) is 0.491. The predicted octanol–water partition coefficient (Wildman–Crippen LogP) is 1.60. The first kappa shape index (κ1) is 20.3. The average Bonchev–Trinajstić information content (AvgIpc) is 2.60. The van der Waals surface area contributed by atoms with Crippen molar-refractivity contribution >= 4 is 11.9 Å². The van der Waals surface area contributed by atoms with Gasteiger partial charge < -0.3 is 14.4 Å². The standard InChI is InChI=1S/C17H20FN3O4/c1-3-4-5-16(22)21(2)15(17(23)25-7-6-19)12-24-11-13-8-14(18)10-20-9-13/h3,8-10,15H,1,4-5,7,11-12H2,2H3. The Morgan fingerprint density at radius 1 is 1.52 bits per heavy atom. The molecule has 134 valence electrons. The number of nitriles is 1. The Hall–Kier alpha value is -2.79. The smallest absolute Gasteiger partial charge is 0.332 e. The molecule has 0 radical (unpaired) electrons. The summed E-state index contributed by atoms with van der Waals surface area (Å²) in [5, 5.41) is 8.52. The Morgan fingerprint density at radius 3 is 2.92 bits per heavy atom. The van der Waals surface area contributed by atoms with Crippen LogP contribution in [0.3, 0.4) is 0 Å². The quantitative estimate of drug-likeness (QED) is 0.470. The Kier molecular flexibility index (Phi) is 8.82. The van der Waals surface area contributed by atoms with E-state index in [4.69, 9.17) is 14.7 Å². The molecule has 1 rings (SSSR count). The van der Waals surface area contributed by atoms with E-state index in [0.717, 1.165) is 6.20 Å². The summed E-state index contributed by atoms with van der Waals surface area (Å²) in [6.45, 7) is 2.98. The van der Waals surface area contributed by atoms with Gasteiger partial charge in [-0.3, -0.25) is 9.78 Å². The molecule has 0 aliphatic carbocycles. The molecular formula is C17H20FN3O4. The van der Waals surface area contributed by atoms with Crippen LogP contribution in [0.25, 0.3) is 0 Å². The van der Waals surface area contributed by atoms with Gasteiger partial charge >= 0.3 is 5.97 Å². The van der Waals surface area contributed by atoms with Crippen molar-refractivity contribution in [3.8, 4) is 6.07 Å². The average molecular weight is 349 g/mol. The fraction of sp³-hybridized carbons (Fsp3) is 0.412. The number of rotatable bonds is 10. The van der Waals surface area contributed by atoms with E-state index in [1.807, 2.05) is 0 Å². The number of likely N-dealkylation sites (N-methyl/N-ethyl adjacent to an activating group) is 1. The minimum Gasteiger partial charge on any atom is -0.449 e. The third-order valence-electron chi connectivity index (χ3n) is 3.28. The van der Waals surface area contributed by atoms with Crippen molar-refractivity contribution in [2.75, 3.05) is 20.3 Å². The summed E-state index contributed by atoms with van der Waals surface area (Å²) < 4.78 is 23.3. The third-order valence-corrected chi connectivity index (χ3v) is 3.28. The maximum absolute atomic E-state index is 13.1. The van der Waals surface area contributed by atoms with Gasteiger partial charge in [0.25, 0.3) is 0 Å². The summed E-state index contributed by atoms with van der Waals surface area (Å²) in [6, 6.07) is 1.95. The first-order valence-electron chi connectivity index (χ1n) is 7.57. The molecule has 0 aliphatic heterocycles. The zero-order valence-corrected chi connectivity index (χ0v) is 14.0. The highest BCUT2D eigenvalue weighted by atomic mass is 19.1. The molecule has 0 saturated carbocycles. The minimum atomic E-state index is -1.01. The molecule has 7 nitrogen and oxygen atoms in total. The van der Waals surface area contributed by atoms with Crippen molar-refractivity contribution in [3.63, 3.8) is 0 Å². The molecule has 1 heterocycles. The third kappa shape index (κ3) is 7.10. The number of ether oxygens (including phenoxy) is 2. The van der Waals surface area contributed by atoms with Crippen LogP contribution in [-0.4, -0.2) is 48.1 Å². The van der Waals surface area contributed by atoms with E-state index in [1.54, 1.807) is 12.1 Å². The van der Waals surface area contributed by atoms with Crippen LogP contribution in [-0.2, 0) is 25.7 Å². The fourth-order valence-corrected chi connectivity index (χ4v) is 1.94. The lowest BCUT2D eigenvalue weighted by Gasteiger charge is -2.26. The monoisotopic (exact) mass is 349 g/mol. The van der Waals surface area contributed by atoms with Gasteiger partial charge in [0.15, 0.2) is 12.6 Å². The molecule has 25 heavy (non-hydrogen) atoms. The molecule has 0 aromatic carbocycles. The van der Waals surface area contributed by atoms with Crippen LogP contribution in [0.1, 0.15) is 18.4 Å². The Balaban J connectivity index is 2.69. The van der Waals surface area contributed by atoms with Gasteiger partial charge in [0, 0.05) is 19.7 Å². The van der Waals surface area contributed by atoms with Crippen molar-refractivity contribution in [2.45, 2.75) is 25.5 Å². The lowest BCUT2D eigenvalue weighted by atomic mass is 10.2. The number of amides is 1. The van der Waals surface area contributed by atoms with Crippen molar-refractivity contribution in [1.29, 1.82) is 5.26 Å². The van der Waals surface area contributed by atoms with Crippen LogP contribution in [0.15, 0.2) is 31.1 Å². The molecule has 1 unspecified atom stereocenters. The second kappa shape index (κ2) is 10.9. The largest absolute Gasteiger partial charge is 0.449 e. The normalized spacial score (nSPS) is 11.2. The minimum absolute atomic E-state index is 0.0154. The van der Waals surface area contributed by atoms with E-state index < -0.39 is 24.4 Å². The maximum atomic E-state index is 13.1. The van der Waals surface area contributed by atoms with Crippen LogP contribution in [0.4, 0.5) is 4.39 Å². The van der Waals surface area contributed by atoms with Gasteiger partial charge in [-0.15, -0.1) is 6.58 Å². The molecule has 1 aromatic heterocycles. The number of pyridine rings is 1. The number of carbonyl (C=O) groups excluding carboxylic acids is 2. The van der Waals surface area contributed by atoms with Crippen molar-refractivity contribution in [1.82, 2.24) is 9.88 Å². The van der Waals surface area contributed by atoms with Crippen molar-refractivity contribution < 1.29 is 23.5 Å². The topological polar surface area (TPSA) is 92.5 Å². The van der Waals surface area contributed by atoms with E-state index in [0.29, 0.717) is 12.0 Å². The number of nitrogens with zero attached hydrogens (tertiary/aromatic N) is 3. The van der Waals surface area contributed by atoms with Crippen molar-refractivity contribution in [3.05, 3.63) is 42.5 Å². The molecular weight excluding hydrogens is 329 g/mol. The molecule has 1 amide bonds. The molecule has 0 N–H and O–H groups in total. The van der Waals surface area contributed by atoms with Crippen LogP contribution in [0, 0.1) is 17.1 Å². The van der Waals surface area contributed by atoms with E-state index in [9.17, 15) is 14.0 Å². The van der Waals surface area contributed by atoms with Crippen LogP contribution in [0.2, 0.25) is 0 Å². The highest BCUT2D eigenvalue weighted by molar-refractivity contribution is 5.84. The van der Waals surface area contributed by atoms with Crippen LogP contribution in [0.5, 0.6) is 0 Å². The molecule has 0 saturated heterocycles. The van der Waals surface area contributed by atoms with Gasteiger partial charge in [-0.05, 0) is 18.1 Å². The van der Waals surface area contributed by atoms with E-state index >= 15 is 0 Å². The lowest BCUT2D eigenvalue weighted by Crippen LogP contribution is -2.46. The maximum Gasteiger partial charge on any atom is 0.332 e. The molecule has 1 atom stereocenters. The highest BCUT2D eigenvalue weighted by Crippen LogP contribution is 2.08. The summed E-state index contributed by atoms with van der Waals surface area (Å²) in [5.74, 6) is -1.52. The number of esters is 1. The second-order valence-electron chi connectivity index (χ2n) is 5.14. The SMILES string of the molecule is C=CCCC(=O)N(C)C(COCc1cncc(F)c1)C(=O)OCC#N. The number of carbonyl (C=O) groups is 2. The summed E-state index contributed by atoms with van der Waals surface area (Å²) in [6.07, 6.45) is 4.76. The van der Waals surface area contributed by atoms with Gasteiger partial charge in [0.2, 0.25) is 5.91 Å². The lowest BCUT2D eigenvalue weighted by molar-refractivity contribution is -0.156. The zero-order chi connectivity index (χ0) is 18.7. The summed E-state index contributed by atoms with van der Waals surface area (Å²) >= 11 is 0. The van der Waals surface area contributed by atoms with E-state index in [-0.39, 0.29) is 25.5 Å². The van der Waals surface area contributed by atoms with Gasteiger partial charge in [0.1, 0.15) is 11.9 Å². The first-order valence-corrected chi connectivity index (χ1v) is 7.57. The van der Waals surface area contributed by atoms with Gasteiger partial charge in [-0.2, -0.15) is 5.26 Å². The molecule has 8 heteroatoms. The fourth-order valence-electron chi connectivity index (χ4n) is 1.94. The highest BCUT2D eigenvalue weighted by Gasteiger charge is 2.28. The Morgan fingerprint density at radius 2 is 2.28 bits per heavy atom. The number of hydrogen-bond acceptors (Lipinski definition) is 6. The Bertz CT molecular complexity index is 645. The molecule has 1 aromatic rings. The van der Waals surface area contributed by atoms with Gasteiger partial charge in [0.05, 0.1) is 19.4 Å². The number of halogens is 1.